The summed E-state index contributed by atoms with van der Waals surface area (Å²) in [6, 6.07) is 1.62. The van der Waals surface area contributed by atoms with E-state index in [9.17, 15) is 8.42 Å². The molecule has 0 amide bonds. The first-order chi connectivity index (χ1) is 9.50. The summed E-state index contributed by atoms with van der Waals surface area (Å²) in [5.74, 6) is 0.619. The lowest BCUT2D eigenvalue weighted by molar-refractivity contribution is 0.239. The molecular formula is C13H19BrClNO3S. The van der Waals surface area contributed by atoms with Gasteiger partial charge in [-0.3, -0.25) is 0 Å². The molecule has 0 aromatic carbocycles. The van der Waals surface area contributed by atoms with Crippen molar-refractivity contribution in [1.29, 1.82) is 0 Å². The van der Waals surface area contributed by atoms with Crippen LogP contribution in [0.5, 0.6) is 0 Å². The minimum absolute atomic E-state index is 0.0972. The summed E-state index contributed by atoms with van der Waals surface area (Å²) in [6.07, 6.45) is 4.82. The molecule has 1 aliphatic heterocycles. The maximum absolute atomic E-state index is 12.8. The molecule has 0 bridgehead atoms. The molecule has 4 nitrogen and oxygen atoms in total. The molecule has 1 aliphatic rings. The Labute approximate surface area is 133 Å². The van der Waals surface area contributed by atoms with E-state index in [2.05, 4.69) is 22.9 Å². The zero-order valence-electron chi connectivity index (χ0n) is 11.4. The summed E-state index contributed by atoms with van der Waals surface area (Å²) in [7, 11) is -3.52. The molecule has 0 aliphatic carbocycles. The van der Waals surface area contributed by atoms with Crippen LogP contribution in [0.4, 0.5) is 0 Å². The molecule has 2 rings (SSSR count). The first kappa shape index (κ1) is 16.3. The number of hydrogen-bond acceptors (Lipinski definition) is 3. The molecular weight excluding hydrogens is 366 g/mol. The topological polar surface area (TPSA) is 50.5 Å². The predicted octanol–water partition coefficient (Wildman–Crippen LogP) is 4.12. The van der Waals surface area contributed by atoms with Crippen LogP contribution >= 0.6 is 27.5 Å². The van der Waals surface area contributed by atoms with Gasteiger partial charge in [-0.1, -0.05) is 19.8 Å². The Bertz CT molecular complexity index is 556. The van der Waals surface area contributed by atoms with Crippen LogP contribution < -0.4 is 0 Å². The maximum atomic E-state index is 12.8. The highest BCUT2D eigenvalue weighted by atomic mass is 79.9. The van der Waals surface area contributed by atoms with Gasteiger partial charge in [0.2, 0.25) is 10.0 Å². The molecule has 1 fully saturated rings. The quantitative estimate of drug-likeness (QED) is 0.717. The van der Waals surface area contributed by atoms with E-state index < -0.39 is 10.0 Å². The van der Waals surface area contributed by atoms with Crippen LogP contribution in [0.15, 0.2) is 20.0 Å². The summed E-state index contributed by atoms with van der Waals surface area (Å²) in [5, 5.41) is 0. The van der Waals surface area contributed by atoms with Crippen LogP contribution in [0.3, 0.4) is 0 Å². The second-order valence-electron chi connectivity index (χ2n) is 5.04. The summed E-state index contributed by atoms with van der Waals surface area (Å²) < 4.78 is 32.8. The fourth-order valence-electron chi connectivity index (χ4n) is 2.68. The van der Waals surface area contributed by atoms with Gasteiger partial charge in [0.15, 0.2) is 4.67 Å². The molecule has 20 heavy (non-hydrogen) atoms. The molecule has 1 unspecified atom stereocenters. The third kappa shape index (κ3) is 3.24. The maximum Gasteiger partial charge on any atom is 0.247 e. The van der Waals surface area contributed by atoms with Crippen molar-refractivity contribution in [2.75, 3.05) is 6.54 Å². The summed E-state index contributed by atoms with van der Waals surface area (Å²) in [4.78, 5) is 0.191. The lowest BCUT2D eigenvalue weighted by Gasteiger charge is -2.34. The molecule has 0 N–H and O–H groups in total. The van der Waals surface area contributed by atoms with E-state index >= 15 is 0 Å². The van der Waals surface area contributed by atoms with Crippen molar-refractivity contribution < 1.29 is 12.8 Å². The number of alkyl halides is 1. The standard InChI is InChI=1S/C13H19BrClNO3S/c1-2-5-10-6-3-4-7-16(10)20(17,18)12-8-11(9-15)19-13(12)14/h8,10H,2-7,9H2,1H3. The number of sulfonamides is 1. The molecule has 1 atom stereocenters. The summed E-state index contributed by atoms with van der Waals surface area (Å²) >= 11 is 8.89. The normalized spacial score (nSPS) is 21.2. The Morgan fingerprint density at radius 2 is 2.25 bits per heavy atom. The van der Waals surface area contributed by atoms with Crippen molar-refractivity contribution >= 4 is 37.6 Å². The van der Waals surface area contributed by atoms with Crippen LogP contribution in [0, 0.1) is 0 Å². The van der Waals surface area contributed by atoms with Gasteiger partial charge in [-0.15, -0.1) is 11.6 Å². The number of hydrogen-bond donors (Lipinski definition) is 0. The van der Waals surface area contributed by atoms with Gasteiger partial charge in [0.1, 0.15) is 10.7 Å². The average molecular weight is 385 g/mol. The van der Waals surface area contributed by atoms with Gasteiger partial charge in [-0.05, 0) is 35.2 Å². The minimum atomic E-state index is -3.52. The lowest BCUT2D eigenvalue weighted by Crippen LogP contribution is -2.43. The zero-order valence-corrected chi connectivity index (χ0v) is 14.6. The van der Waals surface area contributed by atoms with Crippen LogP contribution in [-0.2, 0) is 15.9 Å². The minimum Gasteiger partial charge on any atom is -0.452 e. The second-order valence-corrected chi connectivity index (χ2v) is 7.88. The number of nitrogens with zero attached hydrogens (tertiary/aromatic N) is 1. The number of furan rings is 1. The van der Waals surface area contributed by atoms with Crippen molar-refractivity contribution in [2.45, 2.75) is 55.8 Å². The van der Waals surface area contributed by atoms with E-state index in [0.717, 1.165) is 32.1 Å². The van der Waals surface area contributed by atoms with E-state index in [1.54, 1.807) is 4.31 Å². The van der Waals surface area contributed by atoms with Crippen molar-refractivity contribution in [1.82, 2.24) is 4.31 Å². The average Bonchev–Trinajstić information content (AvgIpc) is 2.82. The van der Waals surface area contributed by atoms with Crippen LogP contribution in [0.1, 0.15) is 44.8 Å². The molecule has 114 valence electrons. The van der Waals surface area contributed by atoms with Crippen molar-refractivity contribution in [3.63, 3.8) is 0 Å². The van der Waals surface area contributed by atoms with E-state index in [1.807, 2.05) is 0 Å². The Morgan fingerprint density at radius 3 is 2.85 bits per heavy atom. The highest BCUT2D eigenvalue weighted by molar-refractivity contribution is 9.10. The Balaban J connectivity index is 2.34. The second kappa shape index (κ2) is 6.81. The van der Waals surface area contributed by atoms with Crippen molar-refractivity contribution in [2.24, 2.45) is 0 Å². The van der Waals surface area contributed by atoms with Gasteiger partial charge in [-0.25, -0.2) is 8.42 Å². The van der Waals surface area contributed by atoms with Crippen molar-refractivity contribution in [3.05, 3.63) is 16.5 Å². The first-order valence-electron chi connectivity index (χ1n) is 6.86. The SMILES string of the molecule is CCCC1CCCCN1S(=O)(=O)c1cc(CCl)oc1Br. The fourth-order valence-corrected chi connectivity index (χ4v) is 5.50. The highest BCUT2D eigenvalue weighted by Gasteiger charge is 2.35. The molecule has 1 aromatic heterocycles. The summed E-state index contributed by atoms with van der Waals surface area (Å²) in [5.41, 5.74) is 0. The van der Waals surface area contributed by atoms with E-state index in [4.69, 9.17) is 16.0 Å². The monoisotopic (exact) mass is 383 g/mol. The Kier molecular flexibility index (Phi) is 5.56. The van der Waals surface area contributed by atoms with Gasteiger partial charge in [0.05, 0.1) is 5.88 Å². The third-order valence-electron chi connectivity index (χ3n) is 3.62. The molecule has 0 radical (unpaired) electrons. The van der Waals surface area contributed by atoms with E-state index in [0.29, 0.717) is 12.3 Å². The molecule has 7 heteroatoms. The van der Waals surface area contributed by atoms with Gasteiger partial charge >= 0.3 is 0 Å². The van der Waals surface area contributed by atoms with Gasteiger partial charge in [-0.2, -0.15) is 4.31 Å². The molecule has 0 spiro atoms. The third-order valence-corrected chi connectivity index (χ3v) is 6.69. The molecule has 0 saturated carbocycles. The Hall–Kier alpha value is -0.0400. The van der Waals surface area contributed by atoms with E-state index in [1.165, 1.54) is 6.07 Å². The zero-order chi connectivity index (χ0) is 14.8. The first-order valence-corrected chi connectivity index (χ1v) is 9.63. The lowest BCUT2D eigenvalue weighted by atomic mass is 10.0. The van der Waals surface area contributed by atoms with Gasteiger partial charge in [0, 0.05) is 18.7 Å². The van der Waals surface area contributed by atoms with Crippen LogP contribution in [0.2, 0.25) is 0 Å². The summed E-state index contributed by atoms with van der Waals surface area (Å²) in [6.45, 7) is 2.67. The van der Waals surface area contributed by atoms with Crippen LogP contribution in [-0.4, -0.2) is 25.3 Å². The number of rotatable bonds is 5. The van der Waals surface area contributed by atoms with Crippen molar-refractivity contribution in [3.8, 4) is 0 Å². The smallest absolute Gasteiger partial charge is 0.247 e. The fraction of sp³-hybridized carbons (Fsp3) is 0.692. The largest absolute Gasteiger partial charge is 0.452 e. The van der Waals surface area contributed by atoms with E-state index in [-0.39, 0.29) is 21.5 Å². The molecule has 2 heterocycles. The Morgan fingerprint density at radius 1 is 1.50 bits per heavy atom. The molecule has 1 aromatic rings. The predicted molar refractivity (Wildman–Crippen MR) is 82.4 cm³/mol. The number of halogens is 2. The van der Waals surface area contributed by atoms with Gasteiger partial charge in [0.25, 0.3) is 0 Å². The highest BCUT2D eigenvalue weighted by Crippen LogP contribution is 2.33. The van der Waals surface area contributed by atoms with Crippen LogP contribution in [0.25, 0.3) is 0 Å². The van der Waals surface area contributed by atoms with Gasteiger partial charge < -0.3 is 4.42 Å². The molecule has 1 saturated heterocycles. The number of piperidine rings is 1.